The van der Waals surface area contributed by atoms with Crippen molar-refractivity contribution in [2.75, 3.05) is 24.7 Å². The van der Waals surface area contributed by atoms with Crippen LogP contribution in [0.4, 0.5) is 15.8 Å². The number of hydrogen-bond acceptors (Lipinski definition) is 3. The van der Waals surface area contributed by atoms with E-state index < -0.39 is 0 Å². The molecule has 3 N–H and O–H groups in total. The molecule has 0 radical (unpaired) electrons. The molecule has 0 saturated heterocycles. The summed E-state index contributed by atoms with van der Waals surface area (Å²) in [4.78, 5) is 0. The number of anilines is 2. The molecule has 15 heavy (non-hydrogen) atoms. The number of methoxy groups -OCH3 is 1. The van der Waals surface area contributed by atoms with Crippen molar-refractivity contribution in [1.82, 2.24) is 0 Å². The maximum absolute atomic E-state index is 13.0. The minimum Gasteiger partial charge on any atom is -0.399 e. The molecule has 0 unspecified atom stereocenters. The average molecular weight is 212 g/mol. The van der Waals surface area contributed by atoms with E-state index in [9.17, 15) is 4.39 Å². The van der Waals surface area contributed by atoms with Gasteiger partial charge < -0.3 is 15.8 Å². The summed E-state index contributed by atoms with van der Waals surface area (Å²) in [7, 11) is 1.64. The highest BCUT2D eigenvalue weighted by molar-refractivity contribution is 5.54. The van der Waals surface area contributed by atoms with Gasteiger partial charge in [0.05, 0.1) is 5.60 Å². The van der Waals surface area contributed by atoms with E-state index in [4.69, 9.17) is 10.5 Å². The first-order chi connectivity index (χ1) is 6.93. The average Bonchev–Trinajstić information content (AvgIpc) is 2.14. The van der Waals surface area contributed by atoms with E-state index in [0.29, 0.717) is 17.9 Å². The molecule has 0 heterocycles. The van der Waals surface area contributed by atoms with Crippen LogP contribution < -0.4 is 11.1 Å². The number of nitrogen functional groups attached to an aromatic ring is 1. The van der Waals surface area contributed by atoms with Gasteiger partial charge in [-0.25, -0.2) is 4.39 Å². The SMILES string of the molecule is COC(C)(C)CNc1cc(N)cc(F)c1. The van der Waals surface area contributed by atoms with Crippen molar-refractivity contribution in [2.45, 2.75) is 19.4 Å². The zero-order valence-corrected chi connectivity index (χ0v) is 9.30. The summed E-state index contributed by atoms with van der Waals surface area (Å²) in [6.45, 7) is 4.48. The molecule has 84 valence electrons. The Kier molecular flexibility index (Phi) is 3.52. The number of hydrogen-bond donors (Lipinski definition) is 2. The van der Waals surface area contributed by atoms with Crippen LogP contribution in [0.15, 0.2) is 18.2 Å². The van der Waals surface area contributed by atoms with Gasteiger partial charge in [0.15, 0.2) is 0 Å². The predicted molar refractivity (Wildman–Crippen MR) is 60.4 cm³/mol. The fraction of sp³-hybridized carbons (Fsp3) is 0.455. The summed E-state index contributed by atoms with van der Waals surface area (Å²) >= 11 is 0. The summed E-state index contributed by atoms with van der Waals surface area (Å²) in [6, 6.07) is 4.38. The molecular weight excluding hydrogens is 195 g/mol. The van der Waals surface area contributed by atoms with E-state index in [1.54, 1.807) is 13.2 Å². The molecule has 3 nitrogen and oxygen atoms in total. The molecule has 0 atom stereocenters. The Hall–Kier alpha value is -1.29. The van der Waals surface area contributed by atoms with E-state index in [1.165, 1.54) is 12.1 Å². The zero-order valence-electron chi connectivity index (χ0n) is 9.30. The molecule has 1 aromatic carbocycles. The molecule has 0 bridgehead atoms. The highest BCUT2D eigenvalue weighted by atomic mass is 19.1. The van der Waals surface area contributed by atoms with Crippen LogP contribution in [0.5, 0.6) is 0 Å². The quantitative estimate of drug-likeness (QED) is 0.752. The van der Waals surface area contributed by atoms with Crippen molar-refractivity contribution < 1.29 is 9.13 Å². The van der Waals surface area contributed by atoms with Gasteiger partial charge in [-0.1, -0.05) is 0 Å². The third-order valence-corrected chi connectivity index (χ3v) is 2.19. The van der Waals surface area contributed by atoms with Crippen LogP contribution in [0.1, 0.15) is 13.8 Å². The third-order valence-electron chi connectivity index (χ3n) is 2.19. The standard InChI is InChI=1S/C11H17FN2O/c1-11(2,15-3)7-14-10-5-8(12)4-9(13)6-10/h4-6,14H,7,13H2,1-3H3. The molecule has 0 aliphatic carbocycles. The van der Waals surface area contributed by atoms with Crippen molar-refractivity contribution in [3.63, 3.8) is 0 Å². The maximum atomic E-state index is 13.0. The summed E-state index contributed by atoms with van der Waals surface area (Å²) in [6.07, 6.45) is 0. The molecule has 4 heteroatoms. The predicted octanol–water partition coefficient (Wildman–Crippen LogP) is 2.24. The van der Waals surface area contributed by atoms with Crippen LogP contribution in [-0.4, -0.2) is 19.3 Å². The second-order valence-corrected chi connectivity index (χ2v) is 4.09. The highest BCUT2D eigenvalue weighted by Crippen LogP contribution is 2.17. The number of ether oxygens (including phenoxy) is 1. The Morgan fingerprint density at radius 1 is 1.40 bits per heavy atom. The lowest BCUT2D eigenvalue weighted by atomic mass is 10.1. The Balaban J connectivity index is 2.65. The van der Waals surface area contributed by atoms with Gasteiger partial charge in [0.1, 0.15) is 5.82 Å². The molecule has 0 saturated carbocycles. The van der Waals surface area contributed by atoms with E-state index in [2.05, 4.69) is 5.32 Å². The van der Waals surface area contributed by atoms with Crippen molar-refractivity contribution >= 4 is 11.4 Å². The smallest absolute Gasteiger partial charge is 0.127 e. The van der Waals surface area contributed by atoms with Gasteiger partial charge in [-0.3, -0.25) is 0 Å². The Bertz CT molecular complexity index is 319. The first-order valence-electron chi connectivity index (χ1n) is 4.78. The second-order valence-electron chi connectivity index (χ2n) is 4.09. The summed E-state index contributed by atoms with van der Waals surface area (Å²) < 4.78 is 18.2. The monoisotopic (exact) mass is 212 g/mol. The summed E-state index contributed by atoms with van der Waals surface area (Å²) in [5, 5.41) is 3.07. The van der Waals surface area contributed by atoms with Gasteiger partial charge in [-0.15, -0.1) is 0 Å². The van der Waals surface area contributed by atoms with Gasteiger partial charge in [-0.2, -0.15) is 0 Å². The Labute approximate surface area is 89.4 Å². The Morgan fingerprint density at radius 3 is 2.60 bits per heavy atom. The van der Waals surface area contributed by atoms with Crippen LogP contribution in [-0.2, 0) is 4.74 Å². The molecule has 0 aromatic heterocycles. The Morgan fingerprint density at radius 2 is 2.07 bits per heavy atom. The van der Waals surface area contributed by atoms with E-state index in [-0.39, 0.29) is 11.4 Å². The van der Waals surface area contributed by atoms with Crippen LogP contribution in [0, 0.1) is 5.82 Å². The summed E-state index contributed by atoms with van der Waals surface area (Å²) in [5.74, 6) is -0.340. The van der Waals surface area contributed by atoms with E-state index in [1.807, 2.05) is 13.8 Å². The first kappa shape index (κ1) is 11.8. The molecule has 0 aliphatic heterocycles. The topological polar surface area (TPSA) is 47.3 Å². The number of halogens is 1. The normalized spacial score (nSPS) is 11.5. The van der Waals surface area contributed by atoms with Crippen molar-refractivity contribution in [2.24, 2.45) is 0 Å². The van der Waals surface area contributed by atoms with Crippen LogP contribution in [0.3, 0.4) is 0 Å². The lowest BCUT2D eigenvalue weighted by molar-refractivity contribution is 0.0344. The van der Waals surface area contributed by atoms with Crippen LogP contribution in [0.2, 0.25) is 0 Å². The van der Waals surface area contributed by atoms with Gasteiger partial charge in [-0.05, 0) is 32.0 Å². The molecule has 0 spiro atoms. The molecule has 0 aliphatic rings. The molecular formula is C11H17FN2O. The highest BCUT2D eigenvalue weighted by Gasteiger charge is 2.15. The van der Waals surface area contributed by atoms with Crippen molar-refractivity contribution in [1.29, 1.82) is 0 Å². The van der Waals surface area contributed by atoms with Crippen LogP contribution in [0.25, 0.3) is 0 Å². The molecule has 0 fully saturated rings. The van der Waals surface area contributed by atoms with E-state index in [0.717, 1.165) is 0 Å². The van der Waals surface area contributed by atoms with Crippen molar-refractivity contribution in [3.8, 4) is 0 Å². The fourth-order valence-corrected chi connectivity index (χ4v) is 1.10. The minimum absolute atomic E-state index is 0.291. The largest absolute Gasteiger partial charge is 0.399 e. The van der Waals surface area contributed by atoms with Gasteiger partial charge in [0.2, 0.25) is 0 Å². The first-order valence-corrected chi connectivity index (χ1v) is 4.78. The number of rotatable bonds is 4. The van der Waals surface area contributed by atoms with Gasteiger partial charge in [0, 0.05) is 25.0 Å². The third kappa shape index (κ3) is 3.75. The molecule has 1 rings (SSSR count). The van der Waals surface area contributed by atoms with Gasteiger partial charge >= 0.3 is 0 Å². The van der Waals surface area contributed by atoms with Crippen LogP contribution >= 0.6 is 0 Å². The number of nitrogens with one attached hydrogen (secondary N) is 1. The lowest BCUT2D eigenvalue weighted by Gasteiger charge is -2.23. The lowest BCUT2D eigenvalue weighted by Crippen LogP contribution is -2.32. The molecule has 0 amide bonds. The fourth-order valence-electron chi connectivity index (χ4n) is 1.10. The summed E-state index contributed by atoms with van der Waals surface area (Å²) in [5.41, 5.74) is 6.30. The minimum atomic E-state index is -0.340. The maximum Gasteiger partial charge on any atom is 0.127 e. The van der Waals surface area contributed by atoms with Gasteiger partial charge in [0.25, 0.3) is 0 Å². The number of nitrogens with two attached hydrogens (primary N) is 1. The van der Waals surface area contributed by atoms with Crippen molar-refractivity contribution in [3.05, 3.63) is 24.0 Å². The molecule has 1 aromatic rings. The second kappa shape index (κ2) is 4.49. The van der Waals surface area contributed by atoms with E-state index >= 15 is 0 Å². The zero-order chi connectivity index (χ0) is 11.5. The number of benzene rings is 1.